The Morgan fingerprint density at radius 3 is 2.83 bits per heavy atom. The van der Waals surface area contributed by atoms with Crippen molar-refractivity contribution in [3.8, 4) is 5.75 Å². The van der Waals surface area contributed by atoms with E-state index in [1.807, 2.05) is 19.1 Å². The van der Waals surface area contributed by atoms with E-state index in [2.05, 4.69) is 32.9 Å². The van der Waals surface area contributed by atoms with Crippen molar-refractivity contribution in [2.24, 2.45) is 0 Å². The lowest BCUT2D eigenvalue weighted by Gasteiger charge is -2.09. The van der Waals surface area contributed by atoms with Gasteiger partial charge in [0.1, 0.15) is 5.75 Å². The highest BCUT2D eigenvalue weighted by Crippen LogP contribution is 2.39. The average Bonchev–Trinajstić information content (AvgIpc) is 3.03. The number of hydrogen-bond acceptors (Lipinski definition) is 2. The number of rotatable bonds is 1. The summed E-state index contributed by atoms with van der Waals surface area (Å²) >= 11 is 2.28. The molecule has 0 saturated carbocycles. The van der Waals surface area contributed by atoms with E-state index in [1.165, 1.54) is 0 Å². The molecule has 23 heavy (non-hydrogen) atoms. The minimum absolute atomic E-state index is 0.114. The highest BCUT2D eigenvalue weighted by molar-refractivity contribution is 14.1. The first-order chi connectivity index (χ1) is 11.1. The average molecular weight is 420 g/mol. The van der Waals surface area contributed by atoms with Crippen molar-refractivity contribution in [1.29, 1.82) is 0 Å². The minimum Gasteiger partial charge on any atom is -0.505 e. The number of fused-ring (bicyclic) bond motifs is 2. The van der Waals surface area contributed by atoms with Crippen LogP contribution in [-0.4, -0.2) is 16.0 Å². The van der Waals surface area contributed by atoms with Crippen LogP contribution in [0.5, 0.6) is 5.75 Å². The third-order valence-electron chi connectivity index (χ3n) is 4.74. The Morgan fingerprint density at radius 2 is 2.04 bits per heavy atom. The quantitative estimate of drug-likeness (QED) is 0.482. The summed E-state index contributed by atoms with van der Waals surface area (Å²) < 4.78 is 1.12. The number of aromatic hydroxyl groups is 1. The molecule has 2 aliphatic rings. The van der Waals surface area contributed by atoms with Crippen LogP contribution in [0, 0.1) is 10.5 Å². The smallest absolute Gasteiger partial charge is 0.256 e. The summed E-state index contributed by atoms with van der Waals surface area (Å²) in [6, 6.07) is 3.94. The van der Waals surface area contributed by atoms with Gasteiger partial charge in [0, 0.05) is 26.1 Å². The van der Waals surface area contributed by atoms with Gasteiger partial charge in [-0.15, -0.1) is 0 Å². The third kappa shape index (κ3) is 2.29. The minimum atomic E-state index is -0.114. The monoisotopic (exact) mass is 420 g/mol. The summed E-state index contributed by atoms with van der Waals surface area (Å²) in [4.78, 5) is 15.7. The van der Waals surface area contributed by atoms with Crippen LogP contribution in [0.25, 0.3) is 11.6 Å². The van der Waals surface area contributed by atoms with E-state index in [-0.39, 0.29) is 5.91 Å². The van der Waals surface area contributed by atoms with Crippen LogP contribution < -0.4 is 5.32 Å². The Hall–Kier alpha value is -1.76. The van der Waals surface area contributed by atoms with Crippen LogP contribution >= 0.6 is 22.6 Å². The Labute approximate surface area is 148 Å². The molecule has 3 N–H and O–H groups in total. The molecule has 1 amide bonds. The molecule has 1 aliphatic carbocycles. The van der Waals surface area contributed by atoms with Crippen LogP contribution in [0.15, 0.2) is 12.1 Å². The van der Waals surface area contributed by atoms with Gasteiger partial charge in [0.15, 0.2) is 0 Å². The van der Waals surface area contributed by atoms with E-state index >= 15 is 0 Å². The maximum Gasteiger partial charge on any atom is 0.256 e. The molecule has 0 spiro atoms. The van der Waals surface area contributed by atoms with Crippen molar-refractivity contribution in [2.75, 3.05) is 5.32 Å². The summed E-state index contributed by atoms with van der Waals surface area (Å²) in [5, 5.41) is 13.4. The third-order valence-corrected chi connectivity index (χ3v) is 5.91. The molecular formula is C18H17IN2O2. The lowest BCUT2D eigenvalue weighted by molar-refractivity contribution is -0.110. The fraction of sp³-hybridized carbons (Fsp3) is 0.278. The van der Waals surface area contributed by atoms with Gasteiger partial charge in [-0.3, -0.25) is 4.79 Å². The number of amides is 1. The van der Waals surface area contributed by atoms with E-state index in [0.29, 0.717) is 17.0 Å². The van der Waals surface area contributed by atoms with E-state index in [0.717, 1.165) is 57.3 Å². The molecule has 1 aliphatic heterocycles. The number of carbonyl (C=O) groups is 1. The van der Waals surface area contributed by atoms with Crippen molar-refractivity contribution in [1.82, 2.24) is 4.98 Å². The number of halogens is 1. The van der Waals surface area contributed by atoms with Crippen LogP contribution in [0.1, 0.15) is 40.9 Å². The summed E-state index contributed by atoms with van der Waals surface area (Å²) in [7, 11) is 0. The highest BCUT2D eigenvalue weighted by Gasteiger charge is 2.28. The lowest BCUT2D eigenvalue weighted by Crippen LogP contribution is -2.03. The molecule has 118 valence electrons. The predicted molar refractivity (Wildman–Crippen MR) is 99.5 cm³/mol. The molecule has 5 heteroatoms. The number of aromatic amines is 1. The van der Waals surface area contributed by atoms with Gasteiger partial charge in [0.2, 0.25) is 0 Å². The molecule has 0 fully saturated rings. The first-order valence-electron chi connectivity index (χ1n) is 7.81. The van der Waals surface area contributed by atoms with Crippen LogP contribution in [0.2, 0.25) is 0 Å². The van der Waals surface area contributed by atoms with Crippen molar-refractivity contribution in [3.63, 3.8) is 0 Å². The number of nitrogens with one attached hydrogen (secondary N) is 2. The van der Waals surface area contributed by atoms with Gasteiger partial charge in [0.25, 0.3) is 5.91 Å². The van der Waals surface area contributed by atoms with Crippen LogP contribution in [0.3, 0.4) is 0 Å². The van der Waals surface area contributed by atoms with Crippen LogP contribution in [0.4, 0.5) is 5.69 Å². The van der Waals surface area contributed by atoms with Crippen LogP contribution in [-0.2, 0) is 17.6 Å². The number of aromatic nitrogens is 1. The zero-order valence-corrected chi connectivity index (χ0v) is 15.0. The molecule has 0 radical (unpaired) electrons. The number of anilines is 1. The maximum absolute atomic E-state index is 12.4. The summed E-state index contributed by atoms with van der Waals surface area (Å²) in [5.41, 5.74) is 6.25. The van der Waals surface area contributed by atoms with Crippen molar-refractivity contribution in [3.05, 3.63) is 43.8 Å². The van der Waals surface area contributed by atoms with E-state index in [1.54, 1.807) is 6.08 Å². The molecule has 1 aromatic carbocycles. The fourth-order valence-electron chi connectivity index (χ4n) is 3.52. The molecule has 2 aromatic rings. The molecule has 0 unspecified atom stereocenters. The van der Waals surface area contributed by atoms with Crippen molar-refractivity contribution >= 4 is 45.8 Å². The molecule has 4 rings (SSSR count). The van der Waals surface area contributed by atoms with E-state index < -0.39 is 0 Å². The standard InChI is InChI=1S/C18H17IN2O2/c1-9-12(19)6-7-14-16(9)11(18(23)21-14)8-15-17(22)10-4-2-3-5-13(10)20-15/h6-8,20,22H,2-5H2,1H3,(H,21,23). The lowest BCUT2D eigenvalue weighted by atomic mass is 9.97. The van der Waals surface area contributed by atoms with Gasteiger partial charge in [0.05, 0.1) is 11.3 Å². The topological polar surface area (TPSA) is 65.1 Å². The van der Waals surface area contributed by atoms with Crippen molar-refractivity contribution < 1.29 is 9.90 Å². The Morgan fingerprint density at radius 1 is 1.26 bits per heavy atom. The summed E-state index contributed by atoms with van der Waals surface area (Å²) in [6.07, 6.45) is 5.91. The van der Waals surface area contributed by atoms with Gasteiger partial charge >= 0.3 is 0 Å². The number of hydrogen-bond donors (Lipinski definition) is 3. The Balaban J connectivity index is 1.86. The summed E-state index contributed by atoms with van der Waals surface area (Å²) in [6.45, 7) is 2.02. The fourth-order valence-corrected chi connectivity index (χ4v) is 3.97. The molecule has 0 atom stereocenters. The Bertz CT molecular complexity index is 864. The zero-order valence-electron chi connectivity index (χ0n) is 12.8. The molecule has 0 saturated heterocycles. The second kappa shape index (κ2) is 5.40. The molecule has 0 bridgehead atoms. The SMILES string of the molecule is Cc1c(I)ccc2c1C(=Cc1[nH]c3c(c1O)CCCC3)C(=O)N2. The largest absolute Gasteiger partial charge is 0.505 e. The first kappa shape index (κ1) is 14.8. The molecular weight excluding hydrogens is 403 g/mol. The zero-order chi connectivity index (χ0) is 16.1. The normalized spacial score (nSPS) is 18.0. The van der Waals surface area contributed by atoms with E-state index in [4.69, 9.17) is 0 Å². The predicted octanol–water partition coefficient (Wildman–Crippen LogP) is 4.00. The molecule has 1 aromatic heterocycles. The molecule has 2 heterocycles. The first-order valence-corrected chi connectivity index (χ1v) is 8.89. The van der Waals surface area contributed by atoms with Gasteiger partial charge < -0.3 is 15.4 Å². The number of H-pyrrole nitrogens is 1. The summed E-state index contributed by atoms with van der Waals surface area (Å²) in [5.74, 6) is 0.189. The van der Waals surface area contributed by atoms with Gasteiger partial charge in [-0.05, 0) is 79.0 Å². The number of carbonyl (C=O) groups excluding carboxylic acids is 1. The second-order valence-corrected chi connectivity index (χ2v) is 7.32. The van der Waals surface area contributed by atoms with Gasteiger partial charge in [-0.1, -0.05) is 0 Å². The Kier molecular flexibility index (Phi) is 3.48. The number of benzene rings is 1. The highest BCUT2D eigenvalue weighted by atomic mass is 127. The second-order valence-electron chi connectivity index (χ2n) is 6.16. The number of aryl methyl sites for hydroxylation is 1. The maximum atomic E-state index is 12.4. The van der Waals surface area contributed by atoms with Gasteiger partial charge in [-0.25, -0.2) is 0 Å². The van der Waals surface area contributed by atoms with E-state index in [9.17, 15) is 9.90 Å². The molecule has 4 nitrogen and oxygen atoms in total. The van der Waals surface area contributed by atoms with Crippen molar-refractivity contribution in [2.45, 2.75) is 32.6 Å². The van der Waals surface area contributed by atoms with Gasteiger partial charge in [-0.2, -0.15) is 0 Å².